The van der Waals surface area contributed by atoms with Crippen LogP contribution in [0.2, 0.25) is 0 Å². The van der Waals surface area contributed by atoms with Gasteiger partial charge in [0.2, 0.25) is 5.89 Å². The molecule has 0 radical (unpaired) electrons. The molecule has 2 aromatic rings. The Morgan fingerprint density at radius 1 is 1.44 bits per heavy atom. The summed E-state index contributed by atoms with van der Waals surface area (Å²) in [6.07, 6.45) is 2.52. The fourth-order valence-electron chi connectivity index (χ4n) is 1.35. The van der Waals surface area contributed by atoms with Crippen molar-refractivity contribution in [2.75, 3.05) is 5.32 Å². The van der Waals surface area contributed by atoms with Gasteiger partial charge in [-0.25, -0.2) is 0 Å². The monoisotopic (exact) mass is 236 g/mol. The number of nitrogens with zero attached hydrogens (tertiary/aromatic N) is 2. The van der Waals surface area contributed by atoms with Gasteiger partial charge in [-0.3, -0.25) is 0 Å². The molecule has 2 heterocycles. The van der Waals surface area contributed by atoms with Crippen molar-refractivity contribution in [2.24, 2.45) is 0 Å². The molecule has 16 heavy (non-hydrogen) atoms. The molecule has 0 bridgehead atoms. The van der Waals surface area contributed by atoms with Crippen LogP contribution in [0.25, 0.3) is 0 Å². The van der Waals surface area contributed by atoms with E-state index in [9.17, 15) is 0 Å². The maximum Gasteiger partial charge on any atom is 0.320 e. The van der Waals surface area contributed by atoms with Crippen LogP contribution < -0.4 is 10.6 Å². The molecule has 1 aliphatic carbocycles. The van der Waals surface area contributed by atoms with Gasteiger partial charge in [0.05, 0.1) is 12.2 Å². The third-order valence-corrected chi connectivity index (χ3v) is 3.04. The molecule has 1 saturated carbocycles. The van der Waals surface area contributed by atoms with Crippen LogP contribution in [0.1, 0.15) is 18.7 Å². The smallest absolute Gasteiger partial charge is 0.320 e. The molecule has 0 atom stereocenters. The van der Waals surface area contributed by atoms with Crippen LogP contribution in [0, 0.1) is 0 Å². The second-order valence-corrected chi connectivity index (χ2v) is 4.57. The van der Waals surface area contributed by atoms with E-state index in [1.807, 2.05) is 16.8 Å². The molecule has 2 aromatic heterocycles. The lowest BCUT2D eigenvalue weighted by atomic mass is 10.5. The number of anilines is 2. The minimum atomic E-state index is 0.450. The topological polar surface area (TPSA) is 63.0 Å². The molecule has 3 rings (SSSR count). The summed E-state index contributed by atoms with van der Waals surface area (Å²) in [5.41, 5.74) is 0.982. The number of aromatic nitrogens is 2. The molecule has 1 aliphatic rings. The van der Waals surface area contributed by atoms with Crippen molar-refractivity contribution in [1.29, 1.82) is 0 Å². The molecule has 5 nitrogen and oxygen atoms in total. The molecular weight excluding hydrogens is 224 g/mol. The van der Waals surface area contributed by atoms with Crippen LogP contribution in [-0.2, 0) is 6.54 Å². The molecule has 0 saturated heterocycles. The minimum Gasteiger partial charge on any atom is -0.406 e. The van der Waals surface area contributed by atoms with Crippen molar-refractivity contribution in [3.63, 3.8) is 0 Å². The minimum absolute atomic E-state index is 0.450. The van der Waals surface area contributed by atoms with Crippen LogP contribution in [-0.4, -0.2) is 16.2 Å². The van der Waals surface area contributed by atoms with Crippen molar-refractivity contribution in [1.82, 2.24) is 15.5 Å². The van der Waals surface area contributed by atoms with Gasteiger partial charge < -0.3 is 15.1 Å². The van der Waals surface area contributed by atoms with E-state index >= 15 is 0 Å². The zero-order chi connectivity index (χ0) is 10.8. The second-order valence-electron chi connectivity index (χ2n) is 3.79. The van der Waals surface area contributed by atoms with Gasteiger partial charge in [-0.1, -0.05) is 5.10 Å². The number of hydrogen-bond donors (Lipinski definition) is 2. The first-order valence-electron chi connectivity index (χ1n) is 5.25. The Labute approximate surface area is 96.9 Å². The Kier molecular flexibility index (Phi) is 2.59. The Morgan fingerprint density at radius 3 is 3.12 bits per heavy atom. The highest BCUT2D eigenvalue weighted by Crippen LogP contribution is 2.20. The maximum atomic E-state index is 5.44. The van der Waals surface area contributed by atoms with Crippen LogP contribution in [0.4, 0.5) is 11.7 Å². The molecule has 1 fully saturated rings. The largest absolute Gasteiger partial charge is 0.406 e. The summed E-state index contributed by atoms with van der Waals surface area (Å²) in [4.78, 5) is 0. The molecule has 0 spiro atoms. The second kappa shape index (κ2) is 4.23. The molecule has 0 aliphatic heterocycles. The third kappa shape index (κ3) is 2.40. The van der Waals surface area contributed by atoms with E-state index in [1.165, 1.54) is 12.8 Å². The van der Waals surface area contributed by atoms with Crippen molar-refractivity contribution >= 4 is 23.0 Å². The summed E-state index contributed by atoms with van der Waals surface area (Å²) in [5.74, 6) is 0.629. The predicted molar refractivity (Wildman–Crippen MR) is 61.8 cm³/mol. The summed E-state index contributed by atoms with van der Waals surface area (Å²) < 4.78 is 5.44. The van der Waals surface area contributed by atoms with Gasteiger partial charge in [-0.2, -0.15) is 11.3 Å². The van der Waals surface area contributed by atoms with Gasteiger partial charge in [0.1, 0.15) is 0 Å². The average Bonchev–Trinajstić information content (AvgIpc) is 2.78. The van der Waals surface area contributed by atoms with Crippen molar-refractivity contribution in [2.45, 2.75) is 25.4 Å². The Bertz CT molecular complexity index is 449. The van der Waals surface area contributed by atoms with Gasteiger partial charge in [0, 0.05) is 11.4 Å². The third-order valence-electron chi connectivity index (χ3n) is 2.36. The summed E-state index contributed by atoms with van der Waals surface area (Å²) in [6, 6.07) is 3.07. The maximum absolute atomic E-state index is 5.44. The van der Waals surface area contributed by atoms with Crippen molar-refractivity contribution < 1.29 is 4.42 Å². The highest BCUT2D eigenvalue weighted by molar-refractivity contribution is 7.08. The van der Waals surface area contributed by atoms with Crippen LogP contribution >= 0.6 is 11.3 Å². The molecule has 6 heteroatoms. The molecule has 2 N–H and O–H groups in total. The SMILES string of the molecule is c1cc(Nc2nnc(CNC3CC3)o2)cs1. The molecule has 0 unspecified atom stereocenters. The highest BCUT2D eigenvalue weighted by Gasteiger charge is 2.21. The van der Waals surface area contributed by atoms with Crippen LogP contribution in [0.3, 0.4) is 0 Å². The first-order chi connectivity index (χ1) is 7.90. The molecule has 0 amide bonds. The summed E-state index contributed by atoms with van der Waals surface area (Å²) in [5, 5.41) is 18.2. The van der Waals surface area contributed by atoms with Crippen LogP contribution in [0.15, 0.2) is 21.2 Å². The van der Waals surface area contributed by atoms with E-state index in [0.29, 0.717) is 24.5 Å². The fraction of sp³-hybridized carbons (Fsp3) is 0.400. The normalized spacial score (nSPS) is 15.2. The first kappa shape index (κ1) is 9.80. The zero-order valence-corrected chi connectivity index (χ0v) is 9.46. The van der Waals surface area contributed by atoms with E-state index in [2.05, 4.69) is 20.8 Å². The molecular formula is C10H12N4OS. The predicted octanol–water partition coefficient (Wildman–Crippen LogP) is 2.13. The van der Waals surface area contributed by atoms with Gasteiger partial charge in [-0.15, -0.1) is 5.10 Å². The quantitative estimate of drug-likeness (QED) is 0.832. The zero-order valence-electron chi connectivity index (χ0n) is 8.64. The lowest BCUT2D eigenvalue weighted by Crippen LogP contribution is -2.15. The van der Waals surface area contributed by atoms with E-state index in [1.54, 1.807) is 11.3 Å². The first-order valence-corrected chi connectivity index (χ1v) is 6.19. The van der Waals surface area contributed by atoms with Crippen LogP contribution in [0.5, 0.6) is 0 Å². The number of hydrogen-bond acceptors (Lipinski definition) is 6. The average molecular weight is 236 g/mol. The Morgan fingerprint density at radius 2 is 2.38 bits per heavy atom. The fourth-order valence-corrected chi connectivity index (χ4v) is 1.94. The standard InChI is InChI=1S/C10H12N4OS/c1-2-7(1)11-5-9-13-14-10(15-9)12-8-3-4-16-6-8/h3-4,6-7,11H,1-2,5H2,(H,12,14). The number of rotatable bonds is 5. The lowest BCUT2D eigenvalue weighted by Gasteiger charge is -1.96. The van der Waals surface area contributed by atoms with Crippen molar-refractivity contribution in [3.05, 3.63) is 22.7 Å². The van der Waals surface area contributed by atoms with E-state index in [-0.39, 0.29) is 0 Å². The number of nitrogens with one attached hydrogen (secondary N) is 2. The number of thiophene rings is 1. The molecule has 0 aromatic carbocycles. The lowest BCUT2D eigenvalue weighted by molar-refractivity contribution is 0.478. The highest BCUT2D eigenvalue weighted by atomic mass is 32.1. The summed E-state index contributed by atoms with van der Waals surface area (Å²) in [7, 11) is 0. The van der Waals surface area contributed by atoms with E-state index in [0.717, 1.165) is 5.69 Å². The summed E-state index contributed by atoms with van der Waals surface area (Å²) >= 11 is 1.62. The Hall–Kier alpha value is -1.40. The van der Waals surface area contributed by atoms with Gasteiger partial charge in [0.15, 0.2) is 0 Å². The van der Waals surface area contributed by atoms with Gasteiger partial charge >= 0.3 is 6.01 Å². The molecule has 84 valence electrons. The van der Waals surface area contributed by atoms with Crippen molar-refractivity contribution in [3.8, 4) is 0 Å². The Balaban J connectivity index is 1.58. The summed E-state index contributed by atoms with van der Waals surface area (Å²) in [6.45, 7) is 0.656. The van der Waals surface area contributed by atoms with E-state index in [4.69, 9.17) is 4.42 Å². The van der Waals surface area contributed by atoms with E-state index < -0.39 is 0 Å². The van der Waals surface area contributed by atoms with Gasteiger partial charge in [-0.05, 0) is 24.3 Å². The van der Waals surface area contributed by atoms with Gasteiger partial charge in [0.25, 0.3) is 0 Å².